The third-order valence-corrected chi connectivity index (χ3v) is 4.20. The summed E-state index contributed by atoms with van der Waals surface area (Å²) in [6.45, 7) is 1.03. The van der Waals surface area contributed by atoms with Crippen LogP contribution >= 0.6 is 11.3 Å². The van der Waals surface area contributed by atoms with Crippen LogP contribution in [0.15, 0.2) is 46.5 Å². The summed E-state index contributed by atoms with van der Waals surface area (Å²) in [5, 5.41) is 4.72. The maximum absolute atomic E-state index is 12.5. The van der Waals surface area contributed by atoms with E-state index in [4.69, 9.17) is 13.9 Å². The first kappa shape index (κ1) is 13.8. The Morgan fingerprint density at radius 1 is 1.17 bits per heavy atom. The summed E-state index contributed by atoms with van der Waals surface area (Å²) < 4.78 is 16.3. The lowest BCUT2D eigenvalue weighted by Gasteiger charge is -2.18. The number of anilines is 1. The van der Waals surface area contributed by atoms with Gasteiger partial charge in [0.1, 0.15) is 13.2 Å². The largest absolute Gasteiger partial charge is 0.486 e. The van der Waals surface area contributed by atoms with Crippen molar-refractivity contribution in [2.45, 2.75) is 0 Å². The van der Waals surface area contributed by atoms with Crippen LogP contribution in [-0.2, 0) is 0 Å². The maximum atomic E-state index is 12.5. The third-order valence-electron chi connectivity index (χ3n) is 3.33. The van der Waals surface area contributed by atoms with E-state index in [2.05, 4.69) is 10.3 Å². The van der Waals surface area contributed by atoms with Gasteiger partial charge in [0.15, 0.2) is 29.3 Å². The van der Waals surface area contributed by atoms with Crippen LogP contribution in [0.5, 0.6) is 11.5 Å². The molecule has 0 atom stereocenters. The number of rotatable bonds is 3. The van der Waals surface area contributed by atoms with Crippen molar-refractivity contribution in [1.29, 1.82) is 0 Å². The molecule has 23 heavy (non-hydrogen) atoms. The normalized spacial score (nSPS) is 12.9. The number of nitrogens with zero attached hydrogens (tertiary/aromatic N) is 1. The Morgan fingerprint density at radius 3 is 2.87 bits per heavy atom. The summed E-state index contributed by atoms with van der Waals surface area (Å²) in [7, 11) is 0. The number of hydrogen-bond acceptors (Lipinski definition) is 6. The number of hydrogen-bond donors (Lipinski definition) is 1. The molecule has 7 heteroatoms. The van der Waals surface area contributed by atoms with E-state index in [0.29, 0.717) is 36.2 Å². The smallest absolute Gasteiger partial charge is 0.278 e. The molecule has 3 heterocycles. The second-order valence-corrected chi connectivity index (χ2v) is 5.77. The Balaban J connectivity index is 1.58. The van der Waals surface area contributed by atoms with Crippen molar-refractivity contribution in [3.8, 4) is 22.1 Å². The van der Waals surface area contributed by atoms with Crippen LogP contribution in [0.3, 0.4) is 0 Å². The van der Waals surface area contributed by atoms with E-state index in [1.807, 2.05) is 17.5 Å². The molecule has 116 valence electrons. The molecule has 1 aliphatic heterocycles. The Morgan fingerprint density at radius 2 is 2.04 bits per heavy atom. The van der Waals surface area contributed by atoms with Crippen LogP contribution < -0.4 is 14.8 Å². The van der Waals surface area contributed by atoms with Gasteiger partial charge in [0.25, 0.3) is 5.91 Å². The minimum Gasteiger partial charge on any atom is -0.486 e. The van der Waals surface area contributed by atoms with Crippen LogP contribution in [-0.4, -0.2) is 24.1 Å². The molecule has 0 aliphatic carbocycles. The molecular formula is C16H12N2O4S. The molecule has 1 amide bonds. The monoisotopic (exact) mass is 328 g/mol. The SMILES string of the molecule is O=C(Nc1ccc2c(c1)OCCO2)c1ncoc1-c1cccs1. The lowest BCUT2D eigenvalue weighted by Crippen LogP contribution is -2.16. The van der Waals surface area contributed by atoms with Crippen LogP contribution in [0.4, 0.5) is 5.69 Å². The molecule has 2 aromatic heterocycles. The number of oxazole rings is 1. The fourth-order valence-corrected chi connectivity index (χ4v) is 3.01. The van der Waals surface area contributed by atoms with E-state index in [-0.39, 0.29) is 11.6 Å². The lowest BCUT2D eigenvalue weighted by molar-refractivity contribution is 0.102. The van der Waals surface area contributed by atoms with E-state index in [1.54, 1.807) is 18.2 Å². The molecule has 3 aromatic rings. The zero-order valence-electron chi connectivity index (χ0n) is 11.9. The molecule has 1 N–H and O–H groups in total. The summed E-state index contributed by atoms with van der Waals surface area (Å²) in [4.78, 5) is 17.3. The predicted molar refractivity (Wildman–Crippen MR) is 85.2 cm³/mol. The zero-order valence-corrected chi connectivity index (χ0v) is 12.8. The minimum absolute atomic E-state index is 0.252. The number of aromatic nitrogens is 1. The van der Waals surface area contributed by atoms with Gasteiger partial charge < -0.3 is 19.2 Å². The molecule has 0 saturated carbocycles. The second kappa shape index (κ2) is 5.77. The van der Waals surface area contributed by atoms with Crippen molar-refractivity contribution in [3.63, 3.8) is 0 Å². The molecule has 0 saturated heterocycles. The number of carbonyl (C=O) groups is 1. The molecule has 0 spiro atoms. The van der Waals surface area contributed by atoms with E-state index >= 15 is 0 Å². The number of thiophene rings is 1. The number of benzene rings is 1. The number of ether oxygens (including phenoxy) is 2. The van der Waals surface area contributed by atoms with Gasteiger partial charge in [0.05, 0.1) is 4.88 Å². The van der Waals surface area contributed by atoms with E-state index in [0.717, 1.165) is 4.88 Å². The highest BCUT2D eigenvalue weighted by Gasteiger charge is 2.20. The lowest BCUT2D eigenvalue weighted by atomic mass is 10.2. The van der Waals surface area contributed by atoms with Crippen molar-refractivity contribution in [1.82, 2.24) is 4.98 Å². The summed E-state index contributed by atoms with van der Waals surface area (Å²) >= 11 is 1.49. The molecular weight excluding hydrogens is 316 g/mol. The highest BCUT2D eigenvalue weighted by molar-refractivity contribution is 7.13. The predicted octanol–water partition coefficient (Wildman–Crippen LogP) is 3.43. The van der Waals surface area contributed by atoms with Crippen LogP contribution in [0, 0.1) is 0 Å². The molecule has 1 aliphatic rings. The summed E-state index contributed by atoms with van der Waals surface area (Å²) in [5.41, 5.74) is 0.863. The van der Waals surface area contributed by atoms with Gasteiger partial charge >= 0.3 is 0 Å². The second-order valence-electron chi connectivity index (χ2n) is 4.82. The number of amides is 1. The molecule has 0 fully saturated rings. The van der Waals surface area contributed by atoms with Crippen molar-refractivity contribution in [2.75, 3.05) is 18.5 Å². The quantitative estimate of drug-likeness (QED) is 0.797. The molecule has 4 rings (SSSR count). The standard InChI is InChI=1S/C16H12N2O4S/c19-16(14-15(22-9-17-14)13-2-1-7-23-13)18-10-3-4-11-12(8-10)21-6-5-20-11/h1-4,7-9H,5-6H2,(H,18,19). The van der Waals surface area contributed by atoms with E-state index in [9.17, 15) is 4.79 Å². The van der Waals surface area contributed by atoms with Crippen molar-refractivity contribution >= 4 is 22.9 Å². The van der Waals surface area contributed by atoms with Crippen molar-refractivity contribution in [2.24, 2.45) is 0 Å². The average Bonchev–Trinajstić information content (AvgIpc) is 3.25. The number of fused-ring (bicyclic) bond motifs is 1. The van der Waals surface area contributed by atoms with Gasteiger partial charge in [0, 0.05) is 11.8 Å². The van der Waals surface area contributed by atoms with Crippen molar-refractivity contribution in [3.05, 3.63) is 47.8 Å². The Bertz CT molecular complexity index is 842. The van der Waals surface area contributed by atoms with E-state index < -0.39 is 0 Å². The first-order valence-electron chi connectivity index (χ1n) is 6.99. The van der Waals surface area contributed by atoms with Gasteiger partial charge in [-0.1, -0.05) is 6.07 Å². The first-order chi connectivity index (χ1) is 11.3. The Hall–Kier alpha value is -2.80. The van der Waals surface area contributed by atoms with Gasteiger partial charge in [-0.2, -0.15) is 0 Å². The maximum Gasteiger partial charge on any atom is 0.278 e. The highest BCUT2D eigenvalue weighted by atomic mass is 32.1. The van der Waals surface area contributed by atoms with Crippen LogP contribution in [0.1, 0.15) is 10.5 Å². The fraction of sp³-hybridized carbons (Fsp3) is 0.125. The summed E-state index contributed by atoms with van der Waals surface area (Å²) in [5.74, 6) is 1.43. The fourth-order valence-electron chi connectivity index (χ4n) is 2.30. The van der Waals surface area contributed by atoms with Gasteiger partial charge in [-0.05, 0) is 23.6 Å². The average molecular weight is 328 g/mol. The summed E-state index contributed by atoms with van der Waals surface area (Å²) in [6.07, 6.45) is 1.27. The number of nitrogens with one attached hydrogen (secondary N) is 1. The van der Waals surface area contributed by atoms with Crippen LogP contribution in [0.25, 0.3) is 10.6 Å². The van der Waals surface area contributed by atoms with Gasteiger partial charge in [0.2, 0.25) is 0 Å². The topological polar surface area (TPSA) is 73.6 Å². The van der Waals surface area contributed by atoms with Crippen molar-refractivity contribution < 1.29 is 18.7 Å². The third kappa shape index (κ3) is 2.66. The summed E-state index contributed by atoms with van der Waals surface area (Å²) in [6, 6.07) is 9.04. The minimum atomic E-state index is -0.334. The zero-order chi connectivity index (χ0) is 15.6. The number of carbonyl (C=O) groups excluding carboxylic acids is 1. The highest BCUT2D eigenvalue weighted by Crippen LogP contribution is 2.33. The molecule has 1 aromatic carbocycles. The Kier molecular flexibility index (Phi) is 3.47. The molecule has 0 unspecified atom stereocenters. The van der Waals surface area contributed by atoms with Gasteiger partial charge in [-0.3, -0.25) is 4.79 Å². The first-order valence-corrected chi connectivity index (χ1v) is 7.87. The Labute approximate surface area is 135 Å². The van der Waals surface area contributed by atoms with Crippen LogP contribution in [0.2, 0.25) is 0 Å². The molecule has 0 bridgehead atoms. The molecule has 6 nitrogen and oxygen atoms in total. The van der Waals surface area contributed by atoms with Gasteiger partial charge in [-0.15, -0.1) is 11.3 Å². The van der Waals surface area contributed by atoms with Gasteiger partial charge in [-0.25, -0.2) is 4.98 Å². The molecule has 0 radical (unpaired) electrons. The van der Waals surface area contributed by atoms with E-state index in [1.165, 1.54) is 17.7 Å².